The largest absolute Gasteiger partial charge is 0.389 e. The number of likely N-dealkylation sites (N-methyl/N-ethyl adjacent to an activating group) is 1. The highest BCUT2D eigenvalue weighted by Gasteiger charge is 2.45. The molecule has 0 spiro atoms. The standard InChI is InChI=1S/C13H27NO/c1-6-14-10-13(15)8-11(2,3)7-12(4,5)9-13/h14-15H,6-10H2,1-5H3. The van der Waals surface area contributed by atoms with E-state index in [-0.39, 0.29) is 10.8 Å². The fraction of sp³-hybridized carbons (Fsp3) is 1.00. The molecule has 1 aliphatic carbocycles. The van der Waals surface area contributed by atoms with Gasteiger partial charge in [-0.25, -0.2) is 0 Å². The molecule has 0 atom stereocenters. The van der Waals surface area contributed by atoms with Crippen LogP contribution in [0.25, 0.3) is 0 Å². The predicted octanol–water partition coefficient (Wildman–Crippen LogP) is 2.56. The molecule has 0 amide bonds. The zero-order chi connectivity index (χ0) is 11.7. The monoisotopic (exact) mass is 213 g/mol. The quantitative estimate of drug-likeness (QED) is 0.755. The molecular weight excluding hydrogens is 186 g/mol. The minimum absolute atomic E-state index is 0.256. The van der Waals surface area contributed by atoms with Crippen molar-refractivity contribution in [3.63, 3.8) is 0 Å². The summed E-state index contributed by atoms with van der Waals surface area (Å²) in [6.45, 7) is 12.8. The van der Waals surface area contributed by atoms with Gasteiger partial charge in [-0.15, -0.1) is 0 Å². The van der Waals surface area contributed by atoms with Crippen LogP contribution in [0.2, 0.25) is 0 Å². The van der Waals surface area contributed by atoms with Crippen molar-refractivity contribution in [1.29, 1.82) is 0 Å². The maximum absolute atomic E-state index is 10.6. The molecule has 0 aromatic carbocycles. The molecule has 1 fully saturated rings. The summed E-state index contributed by atoms with van der Waals surface area (Å²) in [5.74, 6) is 0. The van der Waals surface area contributed by atoms with Crippen LogP contribution in [0.5, 0.6) is 0 Å². The van der Waals surface area contributed by atoms with Crippen LogP contribution in [0.1, 0.15) is 53.9 Å². The molecule has 2 heteroatoms. The second-order valence-corrected chi connectivity index (χ2v) is 6.86. The van der Waals surface area contributed by atoms with Crippen LogP contribution >= 0.6 is 0 Å². The van der Waals surface area contributed by atoms with Crippen molar-refractivity contribution in [2.24, 2.45) is 10.8 Å². The normalized spacial score (nSPS) is 27.6. The lowest BCUT2D eigenvalue weighted by Gasteiger charge is -2.49. The van der Waals surface area contributed by atoms with Gasteiger partial charge in [0.1, 0.15) is 0 Å². The van der Waals surface area contributed by atoms with E-state index in [9.17, 15) is 5.11 Å². The molecule has 1 aliphatic rings. The summed E-state index contributed by atoms with van der Waals surface area (Å²) < 4.78 is 0. The lowest BCUT2D eigenvalue weighted by atomic mass is 9.59. The van der Waals surface area contributed by atoms with Gasteiger partial charge < -0.3 is 10.4 Å². The highest BCUT2D eigenvalue weighted by atomic mass is 16.3. The Bertz CT molecular complexity index is 205. The first kappa shape index (κ1) is 13.0. The molecule has 90 valence electrons. The van der Waals surface area contributed by atoms with Crippen molar-refractivity contribution < 1.29 is 5.11 Å². The summed E-state index contributed by atoms with van der Waals surface area (Å²) in [7, 11) is 0. The van der Waals surface area contributed by atoms with Crippen LogP contribution in [-0.2, 0) is 0 Å². The van der Waals surface area contributed by atoms with Gasteiger partial charge in [-0.2, -0.15) is 0 Å². The van der Waals surface area contributed by atoms with Crippen LogP contribution in [0.4, 0.5) is 0 Å². The number of rotatable bonds is 3. The van der Waals surface area contributed by atoms with Gasteiger partial charge in [-0.3, -0.25) is 0 Å². The third-order valence-corrected chi connectivity index (χ3v) is 3.28. The maximum atomic E-state index is 10.6. The van der Waals surface area contributed by atoms with E-state index in [4.69, 9.17) is 0 Å². The summed E-state index contributed by atoms with van der Waals surface area (Å²) in [5.41, 5.74) is -0.000890. The van der Waals surface area contributed by atoms with Gasteiger partial charge in [-0.05, 0) is 36.6 Å². The van der Waals surface area contributed by atoms with E-state index in [1.54, 1.807) is 0 Å². The van der Waals surface area contributed by atoms with Crippen molar-refractivity contribution >= 4 is 0 Å². The fourth-order valence-electron chi connectivity index (χ4n) is 3.75. The number of hydrogen-bond acceptors (Lipinski definition) is 2. The molecule has 0 unspecified atom stereocenters. The summed E-state index contributed by atoms with van der Waals surface area (Å²) in [6.07, 6.45) is 3.03. The first-order valence-corrected chi connectivity index (χ1v) is 6.11. The van der Waals surface area contributed by atoms with Gasteiger partial charge in [0.05, 0.1) is 5.60 Å². The molecule has 1 saturated carbocycles. The zero-order valence-electron chi connectivity index (χ0n) is 11.0. The Hall–Kier alpha value is -0.0800. The van der Waals surface area contributed by atoms with Crippen LogP contribution in [-0.4, -0.2) is 23.8 Å². The summed E-state index contributed by atoms with van der Waals surface area (Å²) >= 11 is 0. The molecule has 0 radical (unpaired) electrons. The first-order valence-electron chi connectivity index (χ1n) is 6.11. The molecule has 0 aromatic heterocycles. The van der Waals surface area contributed by atoms with Gasteiger partial charge >= 0.3 is 0 Å². The smallest absolute Gasteiger partial charge is 0.0781 e. The molecule has 2 nitrogen and oxygen atoms in total. The summed E-state index contributed by atoms with van der Waals surface area (Å²) in [4.78, 5) is 0. The Morgan fingerprint density at radius 3 is 1.87 bits per heavy atom. The third-order valence-electron chi connectivity index (χ3n) is 3.28. The highest BCUT2D eigenvalue weighted by molar-refractivity contribution is 4.98. The van der Waals surface area contributed by atoms with Crippen molar-refractivity contribution in [3.8, 4) is 0 Å². The molecule has 0 saturated heterocycles. The van der Waals surface area contributed by atoms with Crippen molar-refractivity contribution in [2.45, 2.75) is 59.5 Å². The number of aliphatic hydroxyl groups is 1. The SMILES string of the molecule is CCNCC1(O)CC(C)(C)CC(C)(C)C1. The molecule has 2 N–H and O–H groups in total. The van der Waals surface area contributed by atoms with E-state index in [2.05, 4.69) is 39.9 Å². The Morgan fingerprint density at radius 2 is 1.47 bits per heavy atom. The second-order valence-electron chi connectivity index (χ2n) is 6.86. The van der Waals surface area contributed by atoms with E-state index in [1.165, 1.54) is 6.42 Å². The fourth-order valence-corrected chi connectivity index (χ4v) is 3.75. The lowest BCUT2D eigenvalue weighted by molar-refractivity contribution is -0.0835. The van der Waals surface area contributed by atoms with Gasteiger partial charge in [0.25, 0.3) is 0 Å². The average Bonchev–Trinajstić information content (AvgIpc) is 1.93. The average molecular weight is 213 g/mol. The summed E-state index contributed by atoms with van der Waals surface area (Å²) in [5, 5.41) is 13.9. The zero-order valence-corrected chi connectivity index (χ0v) is 11.0. The Kier molecular flexibility index (Phi) is 3.52. The van der Waals surface area contributed by atoms with E-state index < -0.39 is 5.60 Å². The highest BCUT2D eigenvalue weighted by Crippen LogP contribution is 2.49. The predicted molar refractivity (Wildman–Crippen MR) is 64.9 cm³/mol. The van der Waals surface area contributed by atoms with Gasteiger partial charge in [0.15, 0.2) is 0 Å². The van der Waals surface area contributed by atoms with Gasteiger partial charge in [0.2, 0.25) is 0 Å². The molecule has 0 heterocycles. The Morgan fingerprint density at radius 1 is 1.00 bits per heavy atom. The van der Waals surface area contributed by atoms with Crippen LogP contribution < -0.4 is 5.32 Å². The maximum Gasteiger partial charge on any atom is 0.0781 e. The first-order chi connectivity index (χ1) is 6.68. The Balaban J connectivity index is 2.73. The van der Waals surface area contributed by atoms with Gasteiger partial charge in [0, 0.05) is 6.54 Å². The van der Waals surface area contributed by atoms with E-state index in [0.717, 1.165) is 25.9 Å². The second kappa shape index (κ2) is 4.06. The van der Waals surface area contributed by atoms with Crippen molar-refractivity contribution in [3.05, 3.63) is 0 Å². The van der Waals surface area contributed by atoms with Crippen LogP contribution in [0.3, 0.4) is 0 Å². The lowest BCUT2D eigenvalue weighted by Crippen LogP contribution is -2.51. The minimum atomic E-state index is -0.513. The van der Waals surface area contributed by atoms with E-state index >= 15 is 0 Å². The molecular formula is C13H27NO. The Labute approximate surface area is 94.5 Å². The van der Waals surface area contributed by atoms with E-state index in [0.29, 0.717) is 0 Å². The number of nitrogens with one attached hydrogen (secondary N) is 1. The molecule has 0 aromatic rings. The van der Waals surface area contributed by atoms with Crippen molar-refractivity contribution in [1.82, 2.24) is 5.32 Å². The minimum Gasteiger partial charge on any atom is -0.389 e. The van der Waals surface area contributed by atoms with Crippen LogP contribution in [0.15, 0.2) is 0 Å². The summed E-state index contributed by atoms with van der Waals surface area (Å²) in [6, 6.07) is 0. The topological polar surface area (TPSA) is 32.3 Å². The molecule has 0 aliphatic heterocycles. The van der Waals surface area contributed by atoms with E-state index in [1.807, 2.05) is 0 Å². The third kappa shape index (κ3) is 3.76. The van der Waals surface area contributed by atoms with Crippen molar-refractivity contribution in [2.75, 3.05) is 13.1 Å². The molecule has 15 heavy (non-hydrogen) atoms. The molecule has 1 rings (SSSR count). The van der Waals surface area contributed by atoms with Crippen LogP contribution in [0, 0.1) is 10.8 Å². The van der Waals surface area contributed by atoms with Gasteiger partial charge in [-0.1, -0.05) is 34.6 Å². The molecule has 0 bridgehead atoms. The number of hydrogen-bond donors (Lipinski definition) is 2.